The summed E-state index contributed by atoms with van der Waals surface area (Å²) in [4.78, 5) is 20.4. The van der Waals surface area contributed by atoms with E-state index >= 15 is 0 Å². The van der Waals surface area contributed by atoms with Gasteiger partial charge in [0.15, 0.2) is 11.5 Å². The molecule has 20 heavy (non-hydrogen) atoms. The lowest BCUT2D eigenvalue weighted by molar-refractivity contribution is -0.385. The molecule has 9 heteroatoms. The molecule has 0 bridgehead atoms. The predicted molar refractivity (Wildman–Crippen MR) is 63.0 cm³/mol. The van der Waals surface area contributed by atoms with Crippen LogP contribution in [0.15, 0.2) is 18.2 Å². The number of rotatable bonds is 6. The van der Waals surface area contributed by atoms with E-state index in [4.69, 9.17) is 9.84 Å². The average molecular weight is 289 g/mol. The fraction of sp³-hybridized carbons (Fsp3) is 0.182. The number of aliphatic carboxylic acids is 1. The summed E-state index contributed by atoms with van der Waals surface area (Å²) < 4.78 is 33.2. The van der Waals surface area contributed by atoms with Crippen LogP contribution < -0.4 is 9.47 Å². The minimum atomic E-state index is -3.18. The minimum absolute atomic E-state index is 0.115. The number of carbonyl (C=O) groups is 1. The van der Waals surface area contributed by atoms with Gasteiger partial charge in [0.25, 0.3) is 5.69 Å². The number of halogens is 2. The molecular formula is C11H9F2NO6. The summed E-state index contributed by atoms with van der Waals surface area (Å²) in [5, 5.41) is 19.3. The molecule has 0 aliphatic rings. The van der Waals surface area contributed by atoms with Crippen molar-refractivity contribution in [3.05, 3.63) is 33.9 Å². The lowest BCUT2D eigenvalue weighted by Crippen LogP contribution is -2.05. The molecule has 0 fully saturated rings. The molecule has 0 heterocycles. The highest BCUT2D eigenvalue weighted by molar-refractivity contribution is 5.86. The van der Waals surface area contributed by atoms with Crippen LogP contribution in [0.4, 0.5) is 14.5 Å². The fourth-order valence-electron chi connectivity index (χ4n) is 1.37. The molecule has 1 aromatic rings. The normalized spacial score (nSPS) is 10.8. The first-order valence-corrected chi connectivity index (χ1v) is 5.07. The average Bonchev–Trinajstić information content (AvgIpc) is 2.35. The number of hydrogen-bond donors (Lipinski definition) is 1. The maximum absolute atomic E-state index is 12.2. The molecular weight excluding hydrogens is 280 g/mol. The molecule has 0 unspecified atom stereocenters. The third-order valence-electron chi connectivity index (χ3n) is 2.13. The Morgan fingerprint density at radius 3 is 2.55 bits per heavy atom. The van der Waals surface area contributed by atoms with Gasteiger partial charge in [-0.2, -0.15) is 8.78 Å². The van der Waals surface area contributed by atoms with Gasteiger partial charge in [0.2, 0.25) is 0 Å². The van der Waals surface area contributed by atoms with Crippen LogP contribution in [0.3, 0.4) is 0 Å². The highest BCUT2D eigenvalue weighted by atomic mass is 19.3. The standard InChI is InChI=1S/C11H9F2NO6/c1-19-8-4-6(2-3-10(15)16)7(14(17)18)5-9(8)20-11(12)13/h2-5,11H,1H3,(H,15,16). The molecule has 0 amide bonds. The number of alkyl halides is 2. The molecule has 0 saturated heterocycles. The van der Waals surface area contributed by atoms with E-state index in [-0.39, 0.29) is 11.3 Å². The van der Waals surface area contributed by atoms with Crippen molar-refractivity contribution in [2.75, 3.05) is 7.11 Å². The zero-order valence-corrected chi connectivity index (χ0v) is 10.1. The van der Waals surface area contributed by atoms with Crippen molar-refractivity contribution in [1.82, 2.24) is 0 Å². The van der Waals surface area contributed by atoms with E-state index in [0.29, 0.717) is 6.08 Å². The summed E-state index contributed by atoms with van der Waals surface area (Å²) in [5.41, 5.74) is -0.699. The number of carboxylic acids is 1. The first-order chi connectivity index (χ1) is 9.35. The number of nitro groups is 1. The molecule has 7 nitrogen and oxygen atoms in total. The van der Waals surface area contributed by atoms with E-state index < -0.39 is 28.9 Å². The summed E-state index contributed by atoms with van der Waals surface area (Å²) in [6, 6.07) is 1.78. The molecule has 1 rings (SSSR count). The monoisotopic (exact) mass is 289 g/mol. The summed E-state index contributed by atoms with van der Waals surface area (Å²) >= 11 is 0. The van der Waals surface area contributed by atoms with E-state index in [0.717, 1.165) is 25.3 Å². The van der Waals surface area contributed by atoms with Gasteiger partial charge < -0.3 is 14.6 Å². The van der Waals surface area contributed by atoms with Crippen molar-refractivity contribution in [2.24, 2.45) is 0 Å². The number of carboxylic acid groups (broad SMARTS) is 1. The van der Waals surface area contributed by atoms with Crippen molar-refractivity contribution < 1.29 is 33.1 Å². The van der Waals surface area contributed by atoms with Crippen LogP contribution in [-0.2, 0) is 4.79 Å². The lowest BCUT2D eigenvalue weighted by Gasteiger charge is -2.10. The van der Waals surface area contributed by atoms with Crippen LogP contribution in [0, 0.1) is 10.1 Å². The van der Waals surface area contributed by atoms with E-state index in [1.165, 1.54) is 0 Å². The van der Waals surface area contributed by atoms with Crippen LogP contribution in [0.5, 0.6) is 11.5 Å². The number of ether oxygens (including phenoxy) is 2. The van der Waals surface area contributed by atoms with Gasteiger partial charge in [-0.1, -0.05) is 0 Å². The van der Waals surface area contributed by atoms with Crippen molar-refractivity contribution in [3.8, 4) is 11.5 Å². The fourth-order valence-corrected chi connectivity index (χ4v) is 1.37. The van der Waals surface area contributed by atoms with Gasteiger partial charge in [0.1, 0.15) is 0 Å². The summed E-state index contributed by atoms with van der Waals surface area (Å²) in [6.45, 7) is -3.18. The Hall–Kier alpha value is -2.71. The zero-order valence-electron chi connectivity index (χ0n) is 10.1. The Morgan fingerprint density at radius 1 is 1.45 bits per heavy atom. The van der Waals surface area contributed by atoms with Crippen molar-refractivity contribution >= 4 is 17.7 Å². The van der Waals surface area contributed by atoms with Crippen LogP contribution >= 0.6 is 0 Å². The van der Waals surface area contributed by atoms with Crippen LogP contribution in [0.2, 0.25) is 0 Å². The second kappa shape index (κ2) is 6.45. The second-order valence-electron chi connectivity index (χ2n) is 3.37. The SMILES string of the molecule is COc1cc(C=CC(=O)O)c([N+](=O)[O-])cc1OC(F)F. The first kappa shape index (κ1) is 15.3. The van der Waals surface area contributed by atoms with E-state index in [9.17, 15) is 23.7 Å². The van der Waals surface area contributed by atoms with Gasteiger partial charge in [0.05, 0.1) is 23.7 Å². The number of nitro benzene ring substituents is 1. The maximum atomic E-state index is 12.2. The van der Waals surface area contributed by atoms with Crippen LogP contribution in [0.25, 0.3) is 6.08 Å². The molecule has 0 aliphatic carbocycles. The molecule has 0 spiro atoms. The van der Waals surface area contributed by atoms with E-state index in [2.05, 4.69) is 4.74 Å². The number of nitrogens with zero attached hydrogens (tertiary/aromatic N) is 1. The molecule has 0 aliphatic heterocycles. The van der Waals surface area contributed by atoms with Gasteiger partial charge in [-0.05, 0) is 12.1 Å². The van der Waals surface area contributed by atoms with E-state index in [1.54, 1.807) is 0 Å². The predicted octanol–water partition coefficient (Wildman–Crippen LogP) is 2.30. The van der Waals surface area contributed by atoms with Gasteiger partial charge in [0, 0.05) is 6.08 Å². The minimum Gasteiger partial charge on any atom is -0.493 e. The van der Waals surface area contributed by atoms with Crippen LogP contribution in [0.1, 0.15) is 5.56 Å². The van der Waals surface area contributed by atoms with Crippen molar-refractivity contribution in [1.29, 1.82) is 0 Å². The largest absolute Gasteiger partial charge is 0.493 e. The maximum Gasteiger partial charge on any atom is 0.387 e. The summed E-state index contributed by atoms with van der Waals surface area (Å²) in [6.07, 6.45) is 1.63. The molecule has 108 valence electrons. The molecule has 1 aromatic carbocycles. The van der Waals surface area contributed by atoms with Gasteiger partial charge >= 0.3 is 12.6 Å². The van der Waals surface area contributed by atoms with Crippen LogP contribution in [-0.4, -0.2) is 29.7 Å². The number of methoxy groups -OCH3 is 1. The Bertz CT molecular complexity index is 558. The first-order valence-electron chi connectivity index (χ1n) is 5.07. The number of hydrogen-bond acceptors (Lipinski definition) is 5. The third kappa shape index (κ3) is 3.90. The molecule has 1 N–H and O–H groups in total. The second-order valence-corrected chi connectivity index (χ2v) is 3.37. The highest BCUT2D eigenvalue weighted by Gasteiger charge is 2.20. The summed E-state index contributed by atoms with van der Waals surface area (Å²) in [5.74, 6) is -2.01. The zero-order chi connectivity index (χ0) is 15.3. The Morgan fingerprint density at radius 2 is 2.10 bits per heavy atom. The molecule has 0 saturated carbocycles. The number of benzene rings is 1. The molecule has 0 aromatic heterocycles. The molecule has 0 radical (unpaired) electrons. The third-order valence-corrected chi connectivity index (χ3v) is 2.13. The molecule has 0 atom stereocenters. The highest BCUT2D eigenvalue weighted by Crippen LogP contribution is 2.36. The van der Waals surface area contributed by atoms with Gasteiger partial charge in [-0.15, -0.1) is 0 Å². The van der Waals surface area contributed by atoms with Crippen molar-refractivity contribution in [2.45, 2.75) is 6.61 Å². The van der Waals surface area contributed by atoms with Gasteiger partial charge in [-0.3, -0.25) is 10.1 Å². The Labute approximate surface area is 111 Å². The summed E-state index contributed by atoms with van der Waals surface area (Å²) in [7, 11) is 1.16. The topological polar surface area (TPSA) is 98.9 Å². The quantitative estimate of drug-likeness (QED) is 0.490. The Balaban J connectivity index is 3.36. The Kier molecular flexibility index (Phi) is 4.95. The lowest BCUT2D eigenvalue weighted by atomic mass is 10.1. The van der Waals surface area contributed by atoms with E-state index in [1.807, 2.05) is 0 Å². The van der Waals surface area contributed by atoms with Gasteiger partial charge in [-0.25, -0.2) is 4.79 Å². The van der Waals surface area contributed by atoms with Crippen molar-refractivity contribution in [3.63, 3.8) is 0 Å². The smallest absolute Gasteiger partial charge is 0.387 e.